The summed E-state index contributed by atoms with van der Waals surface area (Å²) < 4.78 is 2.20. The number of hydrogen-bond donors (Lipinski definition) is 1. The number of carbonyl (C=O) groups excluding carboxylic acids is 1. The Kier molecular flexibility index (Phi) is 5.29. The van der Waals surface area contributed by atoms with E-state index in [-0.39, 0.29) is 5.91 Å². The normalized spacial score (nSPS) is 11.7. The molecule has 0 bridgehead atoms. The van der Waals surface area contributed by atoms with Gasteiger partial charge in [-0.05, 0) is 23.8 Å². The highest BCUT2D eigenvalue weighted by atomic mass is 16.2. The highest BCUT2D eigenvalue weighted by Gasteiger charge is 2.10. The van der Waals surface area contributed by atoms with Gasteiger partial charge in [0.15, 0.2) is 0 Å². The zero-order valence-electron chi connectivity index (χ0n) is 15.5. The van der Waals surface area contributed by atoms with Gasteiger partial charge in [-0.15, -0.1) is 0 Å². The Morgan fingerprint density at radius 1 is 0.857 bits per heavy atom. The lowest BCUT2D eigenvalue weighted by Crippen LogP contribution is -2.19. The number of hydrogen-bond acceptors (Lipinski definition) is 2. The molecule has 1 aromatic heterocycles. The summed E-state index contributed by atoms with van der Waals surface area (Å²) in [6.45, 7) is 0.606. The summed E-state index contributed by atoms with van der Waals surface area (Å²) in [7, 11) is 0. The summed E-state index contributed by atoms with van der Waals surface area (Å²) in [4.78, 5) is 12.2. The minimum absolute atomic E-state index is 0.105. The van der Waals surface area contributed by atoms with Crippen LogP contribution in [0.2, 0.25) is 0 Å². The number of rotatable bonds is 6. The van der Waals surface area contributed by atoms with E-state index in [1.165, 1.54) is 10.8 Å². The van der Waals surface area contributed by atoms with E-state index in [0.717, 1.165) is 16.6 Å². The molecule has 0 atom stereocenters. The van der Waals surface area contributed by atoms with Crippen molar-refractivity contribution in [1.82, 2.24) is 9.99 Å². The number of carbonyl (C=O) groups is 1. The summed E-state index contributed by atoms with van der Waals surface area (Å²) in [5.74, 6) is -0.105. The minimum atomic E-state index is -0.105. The Morgan fingerprint density at radius 2 is 1.46 bits per heavy atom. The average molecular weight is 367 g/mol. The third-order valence-electron chi connectivity index (χ3n) is 4.68. The molecule has 28 heavy (non-hydrogen) atoms. The minimum Gasteiger partial charge on any atom is -0.340 e. The second kappa shape index (κ2) is 8.35. The number of fused-ring (bicyclic) bond motifs is 3. The molecule has 0 aliphatic carbocycles. The van der Waals surface area contributed by atoms with Crippen LogP contribution in [0.25, 0.3) is 27.9 Å². The van der Waals surface area contributed by atoms with Crippen LogP contribution in [-0.4, -0.2) is 16.7 Å². The van der Waals surface area contributed by atoms with Gasteiger partial charge < -0.3 is 4.57 Å². The van der Waals surface area contributed by atoms with Gasteiger partial charge in [0.25, 0.3) is 0 Å². The maximum absolute atomic E-state index is 12.2. The van der Waals surface area contributed by atoms with Crippen LogP contribution in [0.5, 0.6) is 0 Å². The fourth-order valence-corrected chi connectivity index (χ4v) is 3.38. The summed E-state index contributed by atoms with van der Waals surface area (Å²) >= 11 is 0. The maximum Gasteiger partial charge on any atom is 0.241 e. The molecule has 4 rings (SSSR count). The molecular weight excluding hydrogens is 346 g/mol. The third kappa shape index (κ3) is 3.86. The highest BCUT2D eigenvalue weighted by molar-refractivity contribution is 6.08. The van der Waals surface area contributed by atoms with Crippen molar-refractivity contribution in [1.29, 1.82) is 0 Å². The highest BCUT2D eigenvalue weighted by Crippen LogP contribution is 2.28. The van der Waals surface area contributed by atoms with E-state index in [0.29, 0.717) is 13.0 Å². The van der Waals surface area contributed by atoms with E-state index >= 15 is 0 Å². The lowest BCUT2D eigenvalue weighted by atomic mass is 10.2. The van der Waals surface area contributed by atoms with Crippen LogP contribution in [0, 0.1) is 0 Å². The van der Waals surface area contributed by atoms with Gasteiger partial charge in [-0.2, -0.15) is 5.10 Å². The molecule has 0 aliphatic heterocycles. The number of para-hydroxylation sites is 2. The topological polar surface area (TPSA) is 46.4 Å². The number of nitrogens with one attached hydrogen (secondary N) is 1. The molecule has 0 radical (unpaired) electrons. The monoisotopic (exact) mass is 367 g/mol. The van der Waals surface area contributed by atoms with Gasteiger partial charge in [0.05, 0.1) is 0 Å². The van der Waals surface area contributed by atoms with Crippen LogP contribution < -0.4 is 5.43 Å². The van der Waals surface area contributed by atoms with E-state index in [1.807, 2.05) is 66.7 Å². The van der Waals surface area contributed by atoms with E-state index in [4.69, 9.17) is 0 Å². The zero-order valence-corrected chi connectivity index (χ0v) is 15.5. The van der Waals surface area contributed by atoms with Crippen molar-refractivity contribution >= 4 is 40.0 Å². The van der Waals surface area contributed by atoms with E-state index in [1.54, 1.807) is 6.21 Å². The Morgan fingerprint density at radius 3 is 2.14 bits per heavy atom. The van der Waals surface area contributed by atoms with Crippen molar-refractivity contribution in [3.05, 3.63) is 90.5 Å². The fourth-order valence-electron chi connectivity index (χ4n) is 3.38. The fraction of sp³-hybridized carbons (Fsp3) is 0.0833. The van der Waals surface area contributed by atoms with Crippen molar-refractivity contribution in [3.63, 3.8) is 0 Å². The average Bonchev–Trinajstić information content (AvgIpc) is 3.07. The lowest BCUT2D eigenvalue weighted by Gasteiger charge is -2.06. The van der Waals surface area contributed by atoms with Crippen molar-refractivity contribution < 1.29 is 4.79 Å². The number of amides is 1. The van der Waals surface area contributed by atoms with Crippen molar-refractivity contribution in [2.75, 3.05) is 0 Å². The Labute approximate surface area is 163 Å². The first-order valence-electron chi connectivity index (χ1n) is 9.32. The van der Waals surface area contributed by atoms with Crippen molar-refractivity contribution in [2.24, 2.45) is 5.10 Å². The number of hydrazone groups is 1. The van der Waals surface area contributed by atoms with Crippen LogP contribution in [0.1, 0.15) is 12.0 Å². The summed E-state index contributed by atoms with van der Waals surface area (Å²) in [5, 5.41) is 6.41. The predicted octanol–water partition coefficient (Wildman–Crippen LogP) is 5.00. The molecule has 1 N–H and O–H groups in total. The van der Waals surface area contributed by atoms with Crippen LogP contribution in [0.15, 0.2) is 90.0 Å². The van der Waals surface area contributed by atoms with Gasteiger partial charge in [-0.1, -0.05) is 72.8 Å². The van der Waals surface area contributed by atoms with Crippen LogP contribution >= 0.6 is 0 Å². The molecule has 0 unspecified atom stereocenters. The van der Waals surface area contributed by atoms with Gasteiger partial charge in [-0.3, -0.25) is 4.79 Å². The van der Waals surface area contributed by atoms with Crippen LogP contribution in [-0.2, 0) is 11.3 Å². The standard InChI is InChI=1S/C24H21N3O/c28-24(26-25-17-8-11-19-9-2-1-3-10-19)16-18-27-22-14-6-4-12-20(22)21-13-5-7-15-23(21)27/h1-15,17H,16,18H2,(H,26,28)/b11-8+,25-17+. The van der Waals surface area contributed by atoms with E-state index in [2.05, 4.69) is 39.4 Å². The second-order valence-corrected chi connectivity index (χ2v) is 6.52. The molecule has 0 aliphatic rings. The molecule has 138 valence electrons. The number of nitrogens with zero attached hydrogens (tertiary/aromatic N) is 2. The predicted molar refractivity (Wildman–Crippen MR) is 116 cm³/mol. The largest absolute Gasteiger partial charge is 0.340 e. The molecule has 0 saturated carbocycles. The molecule has 4 nitrogen and oxygen atoms in total. The van der Waals surface area contributed by atoms with Gasteiger partial charge in [0, 0.05) is 41.0 Å². The molecular formula is C24H21N3O. The maximum atomic E-state index is 12.2. The SMILES string of the molecule is O=C(CCn1c2ccccc2c2ccccc21)N/N=C/C=C/c1ccccc1. The number of allylic oxidation sites excluding steroid dienone is 1. The van der Waals surface area contributed by atoms with Crippen LogP contribution in [0.4, 0.5) is 0 Å². The Balaban J connectivity index is 1.40. The summed E-state index contributed by atoms with van der Waals surface area (Å²) in [6.07, 6.45) is 5.70. The van der Waals surface area contributed by atoms with Gasteiger partial charge in [-0.25, -0.2) is 5.43 Å². The first-order valence-corrected chi connectivity index (χ1v) is 9.32. The quantitative estimate of drug-likeness (QED) is 0.378. The molecule has 1 amide bonds. The zero-order chi connectivity index (χ0) is 19.2. The molecule has 0 saturated heterocycles. The molecule has 4 aromatic rings. The first kappa shape index (κ1) is 17.7. The smallest absolute Gasteiger partial charge is 0.241 e. The van der Waals surface area contributed by atoms with E-state index < -0.39 is 0 Å². The van der Waals surface area contributed by atoms with E-state index in [9.17, 15) is 4.79 Å². The third-order valence-corrected chi connectivity index (χ3v) is 4.68. The number of aromatic nitrogens is 1. The second-order valence-electron chi connectivity index (χ2n) is 6.52. The molecule has 3 aromatic carbocycles. The summed E-state index contributed by atoms with van der Waals surface area (Å²) in [6, 6.07) is 26.5. The van der Waals surface area contributed by atoms with Gasteiger partial charge in [0.1, 0.15) is 0 Å². The molecule has 0 spiro atoms. The van der Waals surface area contributed by atoms with Crippen molar-refractivity contribution in [2.45, 2.75) is 13.0 Å². The van der Waals surface area contributed by atoms with Gasteiger partial charge in [0.2, 0.25) is 5.91 Å². The number of aryl methyl sites for hydroxylation is 1. The summed E-state index contributed by atoms with van der Waals surface area (Å²) in [5.41, 5.74) is 5.97. The van der Waals surface area contributed by atoms with Crippen LogP contribution in [0.3, 0.4) is 0 Å². The Hall–Kier alpha value is -3.66. The lowest BCUT2D eigenvalue weighted by molar-refractivity contribution is -0.121. The number of benzene rings is 3. The van der Waals surface area contributed by atoms with Gasteiger partial charge >= 0.3 is 0 Å². The molecule has 1 heterocycles. The van der Waals surface area contributed by atoms with Crippen molar-refractivity contribution in [3.8, 4) is 0 Å². The Bertz CT molecular complexity index is 1100. The first-order chi connectivity index (χ1) is 13.8. The molecule has 4 heteroatoms. The molecule has 0 fully saturated rings.